The van der Waals surface area contributed by atoms with Gasteiger partial charge in [0.05, 0.1) is 11.3 Å². The third-order valence-electron chi connectivity index (χ3n) is 1.46. The summed E-state index contributed by atoms with van der Waals surface area (Å²) in [4.78, 5) is 0. The molecule has 0 fully saturated rings. The van der Waals surface area contributed by atoms with Crippen LogP contribution >= 0.6 is 0 Å². The molecule has 0 spiro atoms. The van der Waals surface area contributed by atoms with E-state index in [4.69, 9.17) is 5.84 Å². The summed E-state index contributed by atoms with van der Waals surface area (Å²) in [5, 5.41) is 9.80. The van der Waals surface area contributed by atoms with Gasteiger partial charge in [0, 0.05) is 0 Å². The maximum atomic E-state index is 12.2. The van der Waals surface area contributed by atoms with Gasteiger partial charge in [-0.1, -0.05) is 6.07 Å². The lowest BCUT2D eigenvalue weighted by Crippen LogP contribution is -2.03. The summed E-state index contributed by atoms with van der Waals surface area (Å²) < 4.78 is 36.7. The second-order valence-electron chi connectivity index (χ2n) is 2.53. The van der Waals surface area contributed by atoms with Gasteiger partial charge >= 0.3 is 6.18 Å². The Morgan fingerprint density at radius 2 is 2.00 bits per heavy atom. The molecule has 0 heterocycles. The van der Waals surface area contributed by atoms with Crippen LogP contribution in [-0.2, 0) is 6.18 Å². The van der Waals surface area contributed by atoms with Gasteiger partial charge in [0.15, 0.2) is 6.34 Å². The average Bonchev–Trinajstić information content (AvgIpc) is 2.17. The third kappa shape index (κ3) is 3.37. The summed E-state index contributed by atoms with van der Waals surface area (Å²) in [6.45, 7) is 0. The van der Waals surface area contributed by atoms with Crippen molar-refractivity contribution < 1.29 is 13.2 Å². The van der Waals surface area contributed by atoms with Crippen LogP contribution < -0.4 is 5.84 Å². The summed E-state index contributed by atoms with van der Waals surface area (Å²) >= 11 is 0. The van der Waals surface area contributed by atoms with Crippen molar-refractivity contribution in [1.82, 2.24) is 0 Å². The predicted octanol–water partition coefficient (Wildman–Crippen LogP) is 2.69. The highest BCUT2D eigenvalue weighted by Crippen LogP contribution is 2.31. The van der Waals surface area contributed by atoms with Crippen molar-refractivity contribution in [1.29, 1.82) is 0 Å². The number of hydrazone groups is 1. The summed E-state index contributed by atoms with van der Waals surface area (Å²) in [6.07, 6.45) is -3.45. The van der Waals surface area contributed by atoms with Crippen molar-refractivity contribution in [3.05, 3.63) is 29.8 Å². The van der Waals surface area contributed by atoms with Crippen LogP contribution in [0.2, 0.25) is 0 Å². The molecule has 0 aliphatic carbocycles. The predicted molar refractivity (Wildman–Crippen MR) is 48.6 cm³/mol. The number of azo groups is 1. The first-order valence-electron chi connectivity index (χ1n) is 3.84. The molecule has 0 bridgehead atoms. The van der Waals surface area contributed by atoms with Gasteiger partial charge in [-0.15, -0.1) is 10.2 Å². The first-order chi connectivity index (χ1) is 7.04. The topological polar surface area (TPSA) is 63.1 Å². The molecular formula is C8H7F3N4. The highest BCUT2D eigenvalue weighted by molar-refractivity contribution is 5.54. The minimum atomic E-state index is -4.38. The van der Waals surface area contributed by atoms with Crippen molar-refractivity contribution >= 4 is 12.0 Å². The largest absolute Gasteiger partial charge is 0.416 e. The number of alkyl halides is 3. The Balaban J connectivity index is 2.93. The molecule has 80 valence electrons. The van der Waals surface area contributed by atoms with Crippen molar-refractivity contribution in [2.75, 3.05) is 0 Å². The zero-order valence-corrected chi connectivity index (χ0v) is 7.44. The normalized spacial score (nSPS) is 12.7. The molecule has 0 aliphatic heterocycles. The molecule has 4 nitrogen and oxygen atoms in total. The molecule has 0 aromatic heterocycles. The van der Waals surface area contributed by atoms with Crippen LogP contribution in [0.5, 0.6) is 0 Å². The molecule has 0 aliphatic rings. The van der Waals surface area contributed by atoms with Crippen molar-refractivity contribution in [3.63, 3.8) is 0 Å². The first kappa shape index (κ1) is 11.2. The fourth-order valence-corrected chi connectivity index (χ4v) is 0.867. The summed E-state index contributed by atoms with van der Waals surface area (Å²) in [5.41, 5.74) is -0.687. The van der Waals surface area contributed by atoms with Gasteiger partial charge < -0.3 is 5.84 Å². The second kappa shape index (κ2) is 4.54. The van der Waals surface area contributed by atoms with E-state index >= 15 is 0 Å². The number of nitrogens with zero attached hydrogens (tertiary/aromatic N) is 3. The summed E-state index contributed by atoms with van der Waals surface area (Å²) in [5.74, 6) is 4.73. The van der Waals surface area contributed by atoms with Crippen molar-refractivity contribution in [2.24, 2.45) is 21.2 Å². The van der Waals surface area contributed by atoms with Gasteiger partial charge in [-0.2, -0.15) is 18.3 Å². The molecule has 1 aromatic carbocycles. The van der Waals surface area contributed by atoms with E-state index in [1.54, 1.807) is 0 Å². The molecule has 0 radical (unpaired) electrons. The lowest BCUT2D eigenvalue weighted by molar-refractivity contribution is -0.137. The van der Waals surface area contributed by atoms with E-state index in [2.05, 4.69) is 15.3 Å². The zero-order valence-electron chi connectivity index (χ0n) is 7.44. The van der Waals surface area contributed by atoms with Gasteiger partial charge in [-0.05, 0) is 18.2 Å². The number of benzene rings is 1. The van der Waals surface area contributed by atoms with E-state index in [1.165, 1.54) is 12.1 Å². The molecule has 2 N–H and O–H groups in total. The lowest BCUT2D eigenvalue weighted by Gasteiger charge is -2.05. The number of halogens is 3. The second-order valence-corrected chi connectivity index (χ2v) is 2.53. The van der Waals surface area contributed by atoms with Gasteiger partial charge in [0.2, 0.25) is 0 Å². The van der Waals surface area contributed by atoms with Gasteiger partial charge in [0.25, 0.3) is 0 Å². The smallest absolute Gasteiger partial charge is 0.322 e. The number of hydrogen-bond donors (Lipinski definition) is 1. The fraction of sp³-hybridized carbons (Fsp3) is 0.125. The molecule has 0 saturated carbocycles. The van der Waals surface area contributed by atoms with Crippen molar-refractivity contribution in [2.45, 2.75) is 6.18 Å². The van der Waals surface area contributed by atoms with Crippen LogP contribution in [-0.4, -0.2) is 6.34 Å². The molecule has 0 unspecified atom stereocenters. The third-order valence-corrected chi connectivity index (χ3v) is 1.46. The molecule has 1 aromatic rings. The highest BCUT2D eigenvalue weighted by Gasteiger charge is 2.30. The van der Waals surface area contributed by atoms with Crippen LogP contribution in [0.4, 0.5) is 18.9 Å². The van der Waals surface area contributed by atoms with Crippen molar-refractivity contribution in [3.8, 4) is 0 Å². The quantitative estimate of drug-likeness (QED) is 0.267. The molecule has 15 heavy (non-hydrogen) atoms. The van der Waals surface area contributed by atoms with Gasteiger partial charge in [0.1, 0.15) is 0 Å². The molecule has 0 amide bonds. The maximum absolute atomic E-state index is 12.2. The highest BCUT2D eigenvalue weighted by atomic mass is 19.4. The molecule has 0 atom stereocenters. The Hall–Kier alpha value is -1.92. The average molecular weight is 216 g/mol. The Bertz CT molecular complexity index is 384. The standard InChI is InChI=1S/C8H7F3N4/c9-8(10,11)6-2-1-3-7(4-6)15-14-5-13-12/h1-5H,12H2. The molecule has 1 rings (SSSR count). The van der Waals surface area contributed by atoms with E-state index < -0.39 is 11.7 Å². The van der Waals surface area contributed by atoms with Crippen LogP contribution in [0.3, 0.4) is 0 Å². The molecule has 7 heteroatoms. The minimum Gasteiger partial charge on any atom is -0.322 e. The zero-order chi connectivity index (χ0) is 11.3. The minimum absolute atomic E-state index is 0.0877. The van der Waals surface area contributed by atoms with Crippen LogP contribution in [0.1, 0.15) is 5.56 Å². The van der Waals surface area contributed by atoms with E-state index in [9.17, 15) is 13.2 Å². The Kier molecular flexibility index (Phi) is 3.37. The summed E-state index contributed by atoms with van der Waals surface area (Å²) in [7, 11) is 0. The molecule has 0 saturated heterocycles. The van der Waals surface area contributed by atoms with E-state index in [1.807, 2.05) is 0 Å². The van der Waals surface area contributed by atoms with Gasteiger partial charge in [-0.25, -0.2) is 0 Å². The van der Waals surface area contributed by atoms with E-state index in [0.717, 1.165) is 18.5 Å². The van der Waals surface area contributed by atoms with Crippen LogP contribution in [0.15, 0.2) is 39.6 Å². The first-order valence-corrected chi connectivity index (χ1v) is 3.84. The Morgan fingerprint density at radius 1 is 1.27 bits per heavy atom. The van der Waals surface area contributed by atoms with Crippen LogP contribution in [0, 0.1) is 0 Å². The Morgan fingerprint density at radius 3 is 2.60 bits per heavy atom. The monoisotopic (exact) mass is 216 g/mol. The number of nitrogens with two attached hydrogens (primary N) is 1. The summed E-state index contributed by atoms with van der Waals surface area (Å²) in [6, 6.07) is 4.48. The number of rotatable bonds is 2. The van der Waals surface area contributed by atoms with E-state index in [-0.39, 0.29) is 5.69 Å². The maximum Gasteiger partial charge on any atom is 0.416 e. The van der Waals surface area contributed by atoms with E-state index in [0.29, 0.717) is 0 Å². The fourth-order valence-electron chi connectivity index (χ4n) is 0.867. The molecular weight excluding hydrogens is 209 g/mol. The SMILES string of the molecule is NN=CN=Nc1cccc(C(F)(F)F)c1. The Labute approximate surface area is 83.3 Å². The number of hydrogen-bond acceptors (Lipinski definition) is 3. The van der Waals surface area contributed by atoms with Gasteiger partial charge in [-0.3, -0.25) is 0 Å². The van der Waals surface area contributed by atoms with Crippen LogP contribution in [0.25, 0.3) is 0 Å². The lowest BCUT2D eigenvalue weighted by atomic mass is 10.2.